The van der Waals surface area contributed by atoms with Crippen LogP contribution < -0.4 is 47.5 Å². The second-order valence-electron chi connectivity index (χ2n) is 22.3. The van der Waals surface area contributed by atoms with Gasteiger partial charge in [0.05, 0.1) is 11.4 Å². The van der Waals surface area contributed by atoms with Crippen molar-refractivity contribution in [1.29, 1.82) is 0 Å². The molecule has 0 radical (unpaired) electrons. The van der Waals surface area contributed by atoms with Gasteiger partial charge in [-0.15, -0.1) is 0 Å². The summed E-state index contributed by atoms with van der Waals surface area (Å²) in [5.74, 6) is 0. The molecule has 0 unspecified atom stereocenters. The molecule has 0 saturated heterocycles. The van der Waals surface area contributed by atoms with Crippen LogP contribution in [-0.4, -0.2) is 13.4 Å². The SMILES string of the molecule is c1ccc(-c2cc3c4c(c2)N(c2ccccc2)c2ccccc2B4c2cc4c(cc2S3)N(c2ccccc2-c2ccccc2)c2cc(-c3ccccc3)cc3c2B4c2ccccc2N3c2c(-c3ccccc3)cccc2-c2ccccc2)cc1. The number of para-hydroxylation sites is 5. The van der Waals surface area contributed by atoms with Gasteiger partial charge in [-0.2, -0.15) is 0 Å². The van der Waals surface area contributed by atoms with E-state index >= 15 is 0 Å². The van der Waals surface area contributed by atoms with Gasteiger partial charge in [0, 0.05) is 66.3 Å². The van der Waals surface area contributed by atoms with Crippen LogP contribution in [-0.2, 0) is 0 Å². The standard InChI is InChI=1S/C78H51B2N3S/c1-7-26-52(27-8-1)57-46-71-76-72(47-57)83(78-61(55-32-13-4-14-33-55)39-25-40-62(78)56-34-15-5-16-35-56)69-45-24-21-42-64(69)79(76)65-50-66-74(51-70(65)82(71)67-43-22-19-38-60(67)54-30-11-3-12-31-54)84-75-49-58(53-28-9-2-10-29-53)48-73-77(75)80(66)63-41-20-23-44-68(63)81(73)59-36-17-6-18-37-59/h1-51H. The first kappa shape index (κ1) is 48.4. The minimum Gasteiger partial charge on any atom is -0.311 e. The van der Waals surface area contributed by atoms with Crippen LogP contribution in [0.25, 0.3) is 55.6 Å². The van der Waals surface area contributed by atoms with E-state index < -0.39 is 0 Å². The fourth-order valence-electron chi connectivity index (χ4n) is 14.1. The molecule has 13 aromatic rings. The van der Waals surface area contributed by atoms with E-state index in [1.54, 1.807) is 0 Å². The Morgan fingerprint density at radius 2 is 0.643 bits per heavy atom. The van der Waals surface area contributed by atoms with Crippen molar-refractivity contribution in [2.75, 3.05) is 14.7 Å². The van der Waals surface area contributed by atoms with Gasteiger partial charge < -0.3 is 14.7 Å². The third kappa shape index (κ3) is 7.64. The second-order valence-corrected chi connectivity index (χ2v) is 23.3. The highest BCUT2D eigenvalue weighted by atomic mass is 32.2. The number of benzene rings is 13. The lowest BCUT2D eigenvalue weighted by molar-refractivity contribution is 1.24. The Bertz CT molecular complexity index is 4660. The van der Waals surface area contributed by atoms with Crippen molar-refractivity contribution < 1.29 is 0 Å². The highest BCUT2D eigenvalue weighted by Gasteiger charge is 2.48. The monoisotopic (exact) mass is 1080 g/mol. The van der Waals surface area contributed by atoms with Gasteiger partial charge in [-0.25, -0.2) is 0 Å². The zero-order valence-electron chi connectivity index (χ0n) is 45.8. The molecule has 84 heavy (non-hydrogen) atoms. The molecule has 0 aliphatic carbocycles. The molecule has 0 bridgehead atoms. The molecule has 6 heteroatoms. The van der Waals surface area contributed by atoms with Crippen LogP contribution in [0.3, 0.4) is 0 Å². The van der Waals surface area contributed by atoms with Crippen molar-refractivity contribution in [3.8, 4) is 55.6 Å². The number of rotatable bonds is 8. The van der Waals surface area contributed by atoms with Crippen LogP contribution >= 0.6 is 11.8 Å². The van der Waals surface area contributed by atoms with E-state index in [0.29, 0.717) is 0 Å². The molecule has 4 aliphatic rings. The third-order valence-electron chi connectivity index (χ3n) is 17.7. The van der Waals surface area contributed by atoms with Crippen molar-refractivity contribution in [3.05, 3.63) is 309 Å². The summed E-state index contributed by atoms with van der Waals surface area (Å²) in [7, 11) is 0. The highest BCUT2D eigenvalue weighted by molar-refractivity contribution is 8.00. The minimum atomic E-state index is -0.136. The molecule has 17 rings (SSSR count). The first-order valence-electron chi connectivity index (χ1n) is 29.1. The predicted octanol–water partition coefficient (Wildman–Crippen LogP) is 16.9. The Balaban J connectivity index is 0.989. The van der Waals surface area contributed by atoms with Crippen LogP contribution in [0.1, 0.15) is 0 Å². The summed E-state index contributed by atoms with van der Waals surface area (Å²) in [4.78, 5) is 10.3. The molecular weight excluding hydrogens is 1030 g/mol. The maximum atomic E-state index is 2.65. The van der Waals surface area contributed by atoms with Crippen LogP contribution in [0, 0.1) is 0 Å². The molecule has 0 aromatic heterocycles. The lowest BCUT2D eigenvalue weighted by atomic mass is 9.31. The maximum absolute atomic E-state index is 2.65. The van der Waals surface area contributed by atoms with Gasteiger partial charge in [-0.1, -0.05) is 266 Å². The minimum absolute atomic E-state index is 0.0366. The smallest absolute Gasteiger partial charge is 0.252 e. The molecule has 0 spiro atoms. The number of nitrogens with zero attached hydrogens (tertiary/aromatic N) is 3. The zero-order chi connectivity index (χ0) is 55.2. The van der Waals surface area contributed by atoms with E-state index in [4.69, 9.17) is 0 Å². The van der Waals surface area contributed by atoms with Crippen LogP contribution in [0.4, 0.5) is 51.2 Å². The van der Waals surface area contributed by atoms with Gasteiger partial charge in [-0.3, -0.25) is 0 Å². The zero-order valence-corrected chi connectivity index (χ0v) is 46.7. The first-order chi connectivity index (χ1) is 41.7. The maximum Gasteiger partial charge on any atom is 0.252 e. The lowest BCUT2D eigenvalue weighted by Gasteiger charge is -2.46. The fraction of sp³-hybridized carbons (Fsp3) is 0. The molecule has 13 aromatic carbocycles. The summed E-state index contributed by atoms with van der Waals surface area (Å²) < 4.78 is 0. The number of hydrogen-bond acceptors (Lipinski definition) is 4. The van der Waals surface area contributed by atoms with E-state index in [1.807, 2.05) is 11.8 Å². The molecule has 4 aliphatic heterocycles. The number of hydrogen-bond donors (Lipinski definition) is 0. The average molecular weight is 1080 g/mol. The molecule has 4 heterocycles. The van der Waals surface area contributed by atoms with Crippen molar-refractivity contribution in [2.24, 2.45) is 0 Å². The van der Waals surface area contributed by atoms with Gasteiger partial charge in [0.2, 0.25) is 6.71 Å². The highest BCUT2D eigenvalue weighted by Crippen LogP contribution is 2.53. The molecule has 0 amide bonds. The Labute approximate surface area is 495 Å². The van der Waals surface area contributed by atoms with E-state index in [1.165, 1.54) is 116 Å². The summed E-state index contributed by atoms with van der Waals surface area (Å²) in [6, 6.07) is 115. The molecule has 0 fully saturated rings. The normalized spacial score (nSPS) is 13.1. The average Bonchev–Trinajstić information content (AvgIpc) is 0.989. The van der Waals surface area contributed by atoms with Crippen molar-refractivity contribution in [1.82, 2.24) is 0 Å². The molecule has 0 saturated carbocycles. The Morgan fingerprint density at radius 1 is 0.226 bits per heavy atom. The summed E-state index contributed by atoms with van der Waals surface area (Å²) in [6.07, 6.45) is 0. The van der Waals surface area contributed by atoms with Gasteiger partial charge in [0.15, 0.2) is 0 Å². The molecule has 0 N–H and O–H groups in total. The molecular formula is C78H51B2N3S. The van der Waals surface area contributed by atoms with E-state index in [2.05, 4.69) is 324 Å². The van der Waals surface area contributed by atoms with Gasteiger partial charge >= 0.3 is 0 Å². The van der Waals surface area contributed by atoms with Crippen LogP contribution in [0.2, 0.25) is 0 Å². The number of anilines is 9. The molecule has 390 valence electrons. The van der Waals surface area contributed by atoms with Gasteiger partial charge in [-0.05, 0) is 127 Å². The van der Waals surface area contributed by atoms with Gasteiger partial charge in [0.1, 0.15) is 0 Å². The van der Waals surface area contributed by atoms with Crippen molar-refractivity contribution in [2.45, 2.75) is 9.79 Å². The lowest BCUT2D eigenvalue weighted by Crippen LogP contribution is -2.64. The summed E-state index contributed by atoms with van der Waals surface area (Å²) >= 11 is 1.93. The molecule has 0 atom stereocenters. The molecule has 3 nitrogen and oxygen atoms in total. The fourth-order valence-corrected chi connectivity index (χ4v) is 15.3. The van der Waals surface area contributed by atoms with E-state index in [0.717, 1.165) is 33.9 Å². The summed E-state index contributed by atoms with van der Waals surface area (Å²) in [5, 5.41) is 0. The Hall–Kier alpha value is -10.3. The Morgan fingerprint density at radius 3 is 1.21 bits per heavy atom. The van der Waals surface area contributed by atoms with Crippen molar-refractivity contribution >= 4 is 109 Å². The van der Waals surface area contributed by atoms with Crippen LogP contribution in [0.15, 0.2) is 319 Å². The predicted molar refractivity (Wildman–Crippen MR) is 358 cm³/mol. The topological polar surface area (TPSA) is 9.72 Å². The summed E-state index contributed by atoms with van der Waals surface area (Å²) in [6.45, 7) is -0.173. The first-order valence-corrected chi connectivity index (χ1v) is 29.9. The van der Waals surface area contributed by atoms with E-state index in [-0.39, 0.29) is 13.4 Å². The van der Waals surface area contributed by atoms with Crippen LogP contribution in [0.5, 0.6) is 0 Å². The number of fused-ring (bicyclic) bond motifs is 8. The largest absolute Gasteiger partial charge is 0.311 e. The Kier molecular flexibility index (Phi) is 11.4. The quantitative estimate of drug-likeness (QED) is 0.140. The summed E-state index contributed by atoms with van der Waals surface area (Å²) in [5.41, 5.74) is 30.1. The second kappa shape index (κ2) is 19.7. The third-order valence-corrected chi connectivity index (χ3v) is 18.8. The van der Waals surface area contributed by atoms with E-state index in [9.17, 15) is 0 Å². The van der Waals surface area contributed by atoms with Gasteiger partial charge in [0.25, 0.3) is 6.71 Å². The van der Waals surface area contributed by atoms with Crippen molar-refractivity contribution in [3.63, 3.8) is 0 Å².